The minimum atomic E-state index is -0.0592. The Morgan fingerprint density at radius 2 is 2.46 bits per heavy atom. The van der Waals surface area contributed by atoms with Crippen molar-refractivity contribution in [2.75, 3.05) is 19.0 Å². The minimum Gasteiger partial charge on any atom is -0.392 e. The number of ether oxygens (including phenoxy) is 1. The molecule has 13 heavy (non-hydrogen) atoms. The third kappa shape index (κ3) is 1.53. The lowest BCUT2D eigenvalue weighted by Gasteiger charge is -2.34. The first-order valence-corrected chi connectivity index (χ1v) is 5.85. The molecule has 0 aromatic heterocycles. The van der Waals surface area contributed by atoms with Gasteiger partial charge in [-0.3, -0.25) is 0 Å². The van der Waals surface area contributed by atoms with Crippen LogP contribution < -0.4 is 0 Å². The summed E-state index contributed by atoms with van der Waals surface area (Å²) < 4.78 is 5.82. The summed E-state index contributed by atoms with van der Waals surface area (Å²) in [5, 5.41) is 9.18. The summed E-state index contributed by atoms with van der Waals surface area (Å²) in [6.45, 7) is 3.18. The van der Waals surface area contributed by atoms with Crippen molar-refractivity contribution < 1.29 is 9.84 Å². The lowest BCUT2D eigenvalue weighted by Crippen LogP contribution is -2.30. The molecule has 0 radical (unpaired) electrons. The third-order valence-electron chi connectivity index (χ3n) is 3.03. The SMILES string of the molecule is CC1=C(CO)CCCC12OCCS2. The molecular formula is C10H16O2S. The van der Waals surface area contributed by atoms with Gasteiger partial charge in [0.1, 0.15) is 4.93 Å². The molecule has 0 saturated carbocycles. The van der Waals surface area contributed by atoms with Crippen LogP contribution in [0.25, 0.3) is 0 Å². The van der Waals surface area contributed by atoms with E-state index in [1.54, 1.807) is 0 Å². The van der Waals surface area contributed by atoms with Crippen molar-refractivity contribution in [3.63, 3.8) is 0 Å². The maximum atomic E-state index is 9.18. The van der Waals surface area contributed by atoms with Gasteiger partial charge in [0.05, 0.1) is 13.2 Å². The Labute approximate surface area is 83.4 Å². The second kappa shape index (κ2) is 3.64. The Morgan fingerprint density at radius 3 is 3.08 bits per heavy atom. The normalized spacial score (nSPS) is 34.6. The first-order chi connectivity index (χ1) is 6.28. The van der Waals surface area contributed by atoms with Crippen LogP contribution in [0.1, 0.15) is 26.2 Å². The maximum absolute atomic E-state index is 9.18. The van der Waals surface area contributed by atoms with Crippen LogP contribution >= 0.6 is 11.8 Å². The number of aliphatic hydroxyl groups is 1. The van der Waals surface area contributed by atoms with E-state index >= 15 is 0 Å². The van der Waals surface area contributed by atoms with E-state index in [1.807, 2.05) is 11.8 Å². The van der Waals surface area contributed by atoms with Crippen molar-refractivity contribution in [2.45, 2.75) is 31.1 Å². The Kier molecular flexibility index (Phi) is 2.67. The fraction of sp³-hybridized carbons (Fsp3) is 0.800. The van der Waals surface area contributed by atoms with Crippen molar-refractivity contribution in [2.24, 2.45) is 0 Å². The molecule has 1 saturated heterocycles. The van der Waals surface area contributed by atoms with Crippen LogP contribution in [0.15, 0.2) is 11.1 Å². The van der Waals surface area contributed by atoms with Gasteiger partial charge in [-0.05, 0) is 37.3 Å². The number of rotatable bonds is 1. The predicted octanol–water partition coefficient (Wildman–Crippen LogP) is 1.94. The van der Waals surface area contributed by atoms with Crippen molar-refractivity contribution >= 4 is 11.8 Å². The van der Waals surface area contributed by atoms with Gasteiger partial charge >= 0.3 is 0 Å². The van der Waals surface area contributed by atoms with Gasteiger partial charge in [0.2, 0.25) is 0 Å². The summed E-state index contributed by atoms with van der Waals surface area (Å²) in [5.41, 5.74) is 2.48. The number of hydrogen-bond acceptors (Lipinski definition) is 3. The van der Waals surface area contributed by atoms with E-state index in [0.29, 0.717) is 0 Å². The molecule has 1 atom stereocenters. The summed E-state index contributed by atoms with van der Waals surface area (Å²) in [6, 6.07) is 0. The van der Waals surface area contributed by atoms with Gasteiger partial charge in [0.25, 0.3) is 0 Å². The van der Waals surface area contributed by atoms with Gasteiger partial charge in [-0.15, -0.1) is 11.8 Å². The summed E-state index contributed by atoms with van der Waals surface area (Å²) in [5.74, 6) is 1.09. The molecule has 1 spiro atoms. The van der Waals surface area contributed by atoms with Crippen LogP contribution in [0.2, 0.25) is 0 Å². The molecule has 74 valence electrons. The molecule has 1 N–H and O–H groups in total. The highest BCUT2D eigenvalue weighted by Crippen LogP contribution is 2.47. The highest BCUT2D eigenvalue weighted by molar-refractivity contribution is 8.00. The molecule has 2 aliphatic rings. The Morgan fingerprint density at radius 1 is 1.62 bits per heavy atom. The molecular weight excluding hydrogens is 184 g/mol. The Bertz CT molecular complexity index is 229. The predicted molar refractivity (Wildman–Crippen MR) is 54.8 cm³/mol. The van der Waals surface area contributed by atoms with E-state index < -0.39 is 0 Å². The summed E-state index contributed by atoms with van der Waals surface area (Å²) in [6.07, 6.45) is 3.32. The lowest BCUT2D eigenvalue weighted by molar-refractivity contribution is 0.0643. The van der Waals surface area contributed by atoms with Crippen LogP contribution in [-0.4, -0.2) is 29.0 Å². The average molecular weight is 200 g/mol. The van der Waals surface area contributed by atoms with Crippen molar-refractivity contribution in [3.05, 3.63) is 11.1 Å². The zero-order chi connectivity index (χ0) is 9.31. The summed E-state index contributed by atoms with van der Waals surface area (Å²) in [4.78, 5) is -0.0592. The van der Waals surface area contributed by atoms with E-state index in [9.17, 15) is 5.11 Å². The standard InChI is InChI=1S/C10H16O2S/c1-8-9(7-11)3-2-4-10(8)12-5-6-13-10/h11H,2-7H2,1H3. The molecule has 0 aromatic rings. The second-order valence-electron chi connectivity index (χ2n) is 3.69. The van der Waals surface area contributed by atoms with Crippen LogP contribution in [0, 0.1) is 0 Å². The smallest absolute Gasteiger partial charge is 0.135 e. The lowest BCUT2D eigenvalue weighted by atomic mass is 9.90. The fourth-order valence-electron chi connectivity index (χ4n) is 2.19. The van der Waals surface area contributed by atoms with Gasteiger partial charge < -0.3 is 9.84 Å². The molecule has 0 aromatic carbocycles. The maximum Gasteiger partial charge on any atom is 0.135 e. The molecule has 2 nitrogen and oxygen atoms in total. The van der Waals surface area contributed by atoms with Crippen molar-refractivity contribution in [3.8, 4) is 0 Å². The molecule has 1 aliphatic carbocycles. The van der Waals surface area contributed by atoms with Gasteiger partial charge in [-0.1, -0.05) is 0 Å². The third-order valence-corrected chi connectivity index (χ3v) is 4.50. The van der Waals surface area contributed by atoms with Crippen LogP contribution in [0.4, 0.5) is 0 Å². The number of hydrogen-bond donors (Lipinski definition) is 1. The van der Waals surface area contributed by atoms with Gasteiger partial charge in [0.15, 0.2) is 0 Å². The zero-order valence-corrected chi connectivity index (χ0v) is 8.82. The Balaban J connectivity index is 2.28. The quantitative estimate of drug-likeness (QED) is 0.656. The largest absolute Gasteiger partial charge is 0.392 e. The summed E-state index contributed by atoms with van der Waals surface area (Å²) >= 11 is 1.90. The van der Waals surface area contributed by atoms with E-state index in [0.717, 1.165) is 31.6 Å². The van der Waals surface area contributed by atoms with Gasteiger partial charge in [-0.2, -0.15) is 0 Å². The van der Waals surface area contributed by atoms with Crippen LogP contribution in [0.3, 0.4) is 0 Å². The second-order valence-corrected chi connectivity index (χ2v) is 5.05. The topological polar surface area (TPSA) is 29.5 Å². The first kappa shape index (κ1) is 9.56. The van der Waals surface area contributed by atoms with Crippen molar-refractivity contribution in [1.29, 1.82) is 0 Å². The highest BCUT2D eigenvalue weighted by atomic mass is 32.2. The minimum absolute atomic E-state index is 0.0592. The first-order valence-electron chi connectivity index (χ1n) is 4.86. The fourth-order valence-corrected chi connectivity index (χ4v) is 3.50. The molecule has 2 rings (SSSR count). The van der Waals surface area contributed by atoms with Gasteiger partial charge in [0, 0.05) is 5.75 Å². The monoisotopic (exact) mass is 200 g/mol. The number of thioether (sulfide) groups is 1. The molecule has 1 fully saturated rings. The molecule has 3 heteroatoms. The molecule has 0 bridgehead atoms. The van der Waals surface area contributed by atoms with Crippen LogP contribution in [-0.2, 0) is 4.74 Å². The average Bonchev–Trinajstić information content (AvgIpc) is 2.60. The van der Waals surface area contributed by atoms with E-state index in [1.165, 1.54) is 11.1 Å². The van der Waals surface area contributed by atoms with Crippen LogP contribution in [0.5, 0.6) is 0 Å². The Hall–Kier alpha value is 0.0100. The summed E-state index contributed by atoms with van der Waals surface area (Å²) in [7, 11) is 0. The molecule has 1 heterocycles. The molecule has 0 amide bonds. The highest BCUT2D eigenvalue weighted by Gasteiger charge is 2.40. The van der Waals surface area contributed by atoms with Crippen molar-refractivity contribution in [1.82, 2.24) is 0 Å². The zero-order valence-electron chi connectivity index (χ0n) is 8.01. The van der Waals surface area contributed by atoms with E-state index in [2.05, 4.69) is 6.92 Å². The molecule has 1 unspecified atom stereocenters. The molecule has 1 aliphatic heterocycles. The van der Waals surface area contributed by atoms with E-state index in [4.69, 9.17) is 4.74 Å². The van der Waals surface area contributed by atoms with Gasteiger partial charge in [-0.25, -0.2) is 0 Å². The number of aliphatic hydroxyl groups excluding tert-OH is 1. The van der Waals surface area contributed by atoms with E-state index in [-0.39, 0.29) is 11.5 Å².